The third-order valence-corrected chi connectivity index (χ3v) is 3.06. The first-order valence-electron chi connectivity index (χ1n) is 5.56. The minimum Gasteiger partial charge on any atom is -0.496 e. The zero-order valence-corrected chi connectivity index (χ0v) is 10.7. The average molecular weight is 234 g/mol. The van der Waals surface area contributed by atoms with Gasteiger partial charge in [-0.1, -0.05) is 0 Å². The number of nitrogens with zero attached hydrogens (tertiary/aromatic N) is 1. The van der Waals surface area contributed by atoms with Crippen LogP contribution in [0.25, 0.3) is 10.9 Å². The van der Waals surface area contributed by atoms with Gasteiger partial charge in [0.05, 0.1) is 19.7 Å². The molecule has 17 heavy (non-hydrogen) atoms. The summed E-state index contributed by atoms with van der Waals surface area (Å²) in [5.74, 6) is 1.67. The molecule has 2 N–H and O–H groups in total. The van der Waals surface area contributed by atoms with Gasteiger partial charge in [-0.3, -0.25) is 0 Å². The van der Waals surface area contributed by atoms with Crippen LogP contribution in [0.4, 0.5) is 0 Å². The van der Waals surface area contributed by atoms with E-state index in [9.17, 15) is 0 Å². The zero-order valence-electron chi connectivity index (χ0n) is 10.7. The molecule has 2 aromatic rings. The number of aryl methyl sites for hydroxylation is 1. The fraction of sp³-hybridized carbons (Fsp3) is 0.385. The molecule has 4 heteroatoms. The van der Waals surface area contributed by atoms with Crippen LogP contribution < -0.4 is 15.2 Å². The molecule has 0 aliphatic carbocycles. The van der Waals surface area contributed by atoms with Gasteiger partial charge < -0.3 is 19.8 Å². The van der Waals surface area contributed by atoms with Crippen molar-refractivity contribution >= 4 is 10.9 Å². The highest BCUT2D eigenvalue weighted by molar-refractivity contribution is 5.92. The molecule has 2 rings (SSSR count). The second kappa shape index (κ2) is 4.30. The Bertz CT molecular complexity index is 544. The summed E-state index contributed by atoms with van der Waals surface area (Å²) in [6.07, 6.45) is 0. The van der Waals surface area contributed by atoms with Crippen molar-refractivity contribution < 1.29 is 9.47 Å². The van der Waals surface area contributed by atoms with Crippen molar-refractivity contribution in [2.75, 3.05) is 14.2 Å². The SMILES string of the molecule is COc1ccc(OC)c2c1cc(C(C)N)n2C. The van der Waals surface area contributed by atoms with Crippen molar-refractivity contribution in [2.45, 2.75) is 13.0 Å². The molecule has 0 bridgehead atoms. The molecule has 0 radical (unpaired) electrons. The Balaban J connectivity index is 2.82. The summed E-state index contributed by atoms with van der Waals surface area (Å²) >= 11 is 0. The summed E-state index contributed by atoms with van der Waals surface area (Å²) in [5.41, 5.74) is 8.03. The van der Waals surface area contributed by atoms with Crippen LogP contribution in [-0.4, -0.2) is 18.8 Å². The van der Waals surface area contributed by atoms with E-state index < -0.39 is 0 Å². The maximum Gasteiger partial charge on any atom is 0.143 e. The number of methoxy groups -OCH3 is 2. The molecule has 1 aromatic heterocycles. The molecule has 0 amide bonds. The van der Waals surface area contributed by atoms with E-state index in [1.807, 2.05) is 26.1 Å². The second-order valence-corrected chi connectivity index (χ2v) is 4.15. The topological polar surface area (TPSA) is 49.4 Å². The highest BCUT2D eigenvalue weighted by Crippen LogP contribution is 2.36. The van der Waals surface area contributed by atoms with Gasteiger partial charge >= 0.3 is 0 Å². The van der Waals surface area contributed by atoms with Gasteiger partial charge in [0.1, 0.15) is 11.5 Å². The summed E-state index contributed by atoms with van der Waals surface area (Å²) in [6, 6.07) is 5.85. The number of nitrogens with two attached hydrogens (primary N) is 1. The fourth-order valence-corrected chi connectivity index (χ4v) is 2.21. The Morgan fingerprint density at radius 3 is 2.29 bits per heavy atom. The summed E-state index contributed by atoms with van der Waals surface area (Å²) in [7, 11) is 5.32. The van der Waals surface area contributed by atoms with Gasteiger partial charge in [0.25, 0.3) is 0 Å². The lowest BCUT2D eigenvalue weighted by molar-refractivity contribution is 0.409. The van der Waals surface area contributed by atoms with E-state index in [0.717, 1.165) is 28.1 Å². The second-order valence-electron chi connectivity index (χ2n) is 4.15. The lowest BCUT2D eigenvalue weighted by atomic mass is 10.2. The van der Waals surface area contributed by atoms with E-state index in [0.29, 0.717) is 0 Å². The van der Waals surface area contributed by atoms with Gasteiger partial charge in [0.15, 0.2) is 0 Å². The lowest BCUT2D eigenvalue weighted by Crippen LogP contribution is -2.09. The molecule has 0 fully saturated rings. The van der Waals surface area contributed by atoms with E-state index >= 15 is 0 Å². The van der Waals surface area contributed by atoms with Crippen LogP contribution in [0.2, 0.25) is 0 Å². The molecular weight excluding hydrogens is 216 g/mol. The number of ether oxygens (including phenoxy) is 2. The summed E-state index contributed by atoms with van der Waals surface area (Å²) < 4.78 is 12.8. The van der Waals surface area contributed by atoms with E-state index in [2.05, 4.69) is 10.6 Å². The Kier molecular flexibility index (Phi) is 2.98. The van der Waals surface area contributed by atoms with Crippen molar-refractivity contribution in [3.05, 3.63) is 23.9 Å². The number of hydrogen-bond acceptors (Lipinski definition) is 3. The van der Waals surface area contributed by atoms with Crippen LogP contribution in [0.3, 0.4) is 0 Å². The largest absolute Gasteiger partial charge is 0.496 e. The first-order chi connectivity index (χ1) is 8.10. The molecule has 0 saturated carbocycles. The number of aromatic nitrogens is 1. The van der Waals surface area contributed by atoms with Crippen molar-refractivity contribution in [1.29, 1.82) is 0 Å². The molecule has 1 atom stereocenters. The normalized spacial score (nSPS) is 12.8. The first kappa shape index (κ1) is 11.8. The van der Waals surface area contributed by atoms with Crippen LogP contribution in [0.1, 0.15) is 18.7 Å². The molecule has 1 aromatic carbocycles. The Hall–Kier alpha value is -1.68. The smallest absolute Gasteiger partial charge is 0.143 e. The predicted molar refractivity (Wildman–Crippen MR) is 68.6 cm³/mol. The van der Waals surface area contributed by atoms with E-state index in [4.69, 9.17) is 15.2 Å². The van der Waals surface area contributed by atoms with Gasteiger partial charge in [0.2, 0.25) is 0 Å². The van der Waals surface area contributed by atoms with Crippen LogP contribution in [-0.2, 0) is 7.05 Å². The maximum atomic E-state index is 5.96. The van der Waals surface area contributed by atoms with Crippen LogP contribution in [0.5, 0.6) is 11.5 Å². The molecule has 4 nitrogen and oxygen atoms in total. The zero-order chi connectivity index (χ0) is 12.6. The predicted octanol–water partition coefficient (Wildman–Crippen LogP) is 2.22. The van der Waals surface area contributed by atoms with Crippen molar-refractivity contribution in [3.63, 3.8) is 0 Å². The van der Waals surface area contributed by atoms with E-state index in [1.165, 1.54) is 0 Å². The highest BCUT2D eigenvalue weighted by atomic mass is 16.5. The standard InChI is InChI=1S/C13H18N2O2/c1-8(14)10-7-9-11(16-3)5-6-12(17-4)13(9)15(10)2/h5-8H,14H2,1-4H3. The minimum absolute atomic E-state index is 0.0261. The van der Waals surface area contributed by atoms with Crippen molar-refractivity contribution in [1.82, 2.24) is 4.57 Å². The highest BCUT2D eigenvalue weighted by Gasteiger charge is 2.16. The Labute approximate surface area is 101 Å². The first-order valence-corrected chi connectivity index (χ1v) is 5.56. The number of hydrogen-bond donors (Lipinski definition) is 1. The summed E-state index contributed by atoms with van der Waals surface area (Å²) in [6.45, 7) is 1.97. The molecular formula is C13H18N2O2. The maximum absolute atomic E-state index is 5.96. The molecule has 1 unspecified atom stereocenters. The van der Waals surface area contributed by atoms with Crippen LogP contribution in [0, 0.1) is 0 Å². The van der Waals surface area contributed by atoms with E-state index in [-0.39, 0.29) is 6.04 Å². The fourth-order valence-electron chi connectivity index (χ4n) is 2.21. The Morgan fingerprint density at radius 2 is 1.76 bits per heavy atom. The monoisotopic (exact) mass is 234 g/mol. The summed E-state index contributed by atoms with van der Waals surface area (Å²) in [5, 5.41) is 1.03. The molecule has 0 saturated heterocycles. The lowest BCUT2D eigenvalue weighted by Gasteiger charge is -2.10. The molecule has 0 aliphatic heterocycles. The van der Waals surface area contributed by atoms with Crippen LogP contribution >= 0.6 is 0 Å². The van der Waals surface area contributed by atoms with Crippen molar-refractivity contribution in [3.8, 4) is 11.5 Å². The third kappa shape index (κ3) is 1.74. The molecule has 0 spiro atoms. The number of fused-ring (bicyclic) bond motifs is 1. The minimum atomic E-state index is -0.0261. The summed E-state index contributed by atoms with van der Waals surface area (Å²) in [4.78, 5) is 0. The van der Waals surface area contributed by atoms with Gasteiger partial charge in [-0.25, -0.2) is 0 Å². The Morgan fingerprint density at radius 1 is 1.18 bits per heavy atom. The number of rotatable bonds is 3. The van der Waals surface area contributed by atoms with Crippen molar-refractivity contribution in [2.24, 2.45) is 12.8 Å². The van der Waals surface area contributed by atoms with Gasteiger partial charge in [-0.2, -0.15) is 0 Å². The van der Waals surface area contributed by atoms with Gasteiger partial charge in [0, 0.05) is 24.2 Å². The van der Waals surface area contributed by atoms with Crippen LogP contribution in [0.15, 0.2) is 18.2 Å². The van der Waals surface area contributed by atoms with Gasteiger partial charge in [-0.05, 0) is 25.1 Å². The molecule has 0 aliphatic rings. The molecule has 1 heterocycles. The number of benzene rings is 1. The third-order valence-electron chi connectivity index (χ3n) is 3.06. The quantitative estimate of drug-likeness (QED) is 0.885. The molecule has 92 valence electrons. The van der Waals surface area contributed by atoms with Gasteiger partial charge in [-0.15, -0.1) is 0 Å². The average Bonchev–Trinajstić information content (AvgIpc) is 2.67. The van der Waals surface area contributed by atoms with E-state index in [1.54, 1.807) is 14.2 Å².